The zero-order chi connectivity index (χ0) is 18.1. The molecule has 0 saturated carbocycles. The topological polar surface area (TPSA) is 29.6 Å². The number of benzene rings is 2. The number of rotatable bonds is 4. The third kappa shape index (κ3) is 3.86. The van der Waals surface area contributed by atoms with Crippen LogP contribution < -0.4 is 4.90 Å². The molecule has 1 atom stereocenters. The molecule has 26 heavy (non-hydrogen) atoms. The average Bonchev–Trinajstić information content (AvgIpc) is 2.77. The Morgan fingerprint density at radius 2 is 1.42 bits per heavy atom. The Bertz CT molecular complexity index is 854. The Labute approximate surface area is 171 Å². The summed E-state index contributed by atoms with van der Waals surface area (Å²) in [5, 5.41) is 13.3. The van der Waals surface area contributed by atoms with Crippen molar-refractivity contribution in [3.8, 4) is 0 Å². The quantitative estimate of drug-likeness (QED) is 0.577. The lowest BCUT2D eigenvalue weighted by Crippen LogP contribution is -3.13. The predicted octanol–water partition coefficient (Wildman–Crippen LogP) is 4.14. The van der Waals surface area contributed by atoms with Crippen LogP contribution in [0.25, 0.3) is 21.8 Å². The van der Waals surface area contributed by atoms with Crippen LogP contribution in [0.5, 0.6) is 0 Å². The molecular weight excluding hydrogens is 456 g/mol. The maximum Gasteiger partial charge on any atom is 0.121 e. The van der Waals surface area contributed by atoms with Crippen LogP contribution in [-0.2, 0) is 6.54 Å². The van der Waals surface area contributed by atoms with Crippen molar-refractivity contribution < 1.29 is 10.0 Å². The van der Waals surface area contributed by atoms with E-state index in [4.69, 9.17) is 0 Å². The minimum atomic E-state index is -0.325. The van der Waals surface area contributed by atoms with Crippen LogP contribution in [0.1, 0.15) is 25.7 Å². The molecule has 1 aromatic heterocycles. The average molecular weight is 481 g/mol. The molecule has 1 aliphatic heterocycles. The zero-order valence-electron chi connectivity index (χ0n) is 14.8. The monoisotopic (exact) mass is 479 g/mol. The highest BCUT2D eigenvalue weighted by Crippen LogP contribution is 2.33. The van der Waals surface area contributed by atoms with Gasteiger partial charge in [0.1, 0.15) is 12.6 Å². The van der Waals surface area contributed by atoms with E-state index in [1.165, 1.54) is 60.6 Å². The van der Waals surface area contributed by atoms with Gasteiger partial charge in [0.25, 0.3) is 0 Å². The van der Waals surface area contributed by atoms with Crippen LogP contribution in [0, 0.1) is 0 Å². The molecule has 0 radical (unpaired) electrons. The molecule has 0 aliphatic carbocycles. The highest BCUT2D eigenvalue weighted by Gasteiger charge is 2.19. The van der Waals surface area contributed by atoms with Crippen molar-refractivity contribution in [2.75, 3.05) is 19.6 Å². The van der Waals surface area contributed by atoms with Gasteiger partial charge >= 0.3 is 0 Å². The normalized spacial score (nSPS) is 17.7. The second-order valence-electron chi connectivity index (χ2n) is 7.46. The van der Waals surface area contributed by atoms with Gasteiger partial charge in [0, 0.05) is 30.8 Å². The van der Waals surface area contributed by atoms with Crippen LogP contribution in [0.4, 0.5) is 0 Å². The molecule has 5 heteroatoms. The summed E-state index contributed by atoms with van der Waals surface area (Å²) in [7, 11) is 0. The molecule has 2 N–H and O–H groups in total. The van der Waals surface area contributed by atoms with E-state index in [-0.39, 0.29) is 6.10 Å². The maximum absolute atomic E-state index is 10.8. The minimum absolute atomic E-state index is 0.325. The van der Waals surface area contributed by atoms with Crippen molar-refractivity contribution in [1.82, 2.24) is 4.57 Å². The molecular formula is C21H25Br2N2O+. The van der Waals surface area contributed by atoms with Crippen LogP contribution in [-0.4, -0.2) is 35.4 Å². The summed E-state index contributed by atoms with van der Waals surface area (Å²) in [4.78, 5) is 1.56. The van der Waals surface area contributed by atoms with Crippen LogP contribution in [0.15, 0.2) is 45.3 Å². The van der Waals surface area contributed by atoms with Gasteiger partial charge in [0.05, 0.1) is 19.6 Å². The van der Waals surface area contributed by atoms with E-state index in [1.54, 1.807) is 4.90 Å². The minimum Gasteiger partial charge on any atom is -0.385 e. The molecule has 1 saturated heterocycles. The van der Waals surface area contributed by atoms with Gasteiger partial charge in [0.2, 0.25) is 0 Å². The summed E-state index contributed by atoms with van der Waals surface area (Å²) in [5.41, 5.74) is 2.37. The number of hydrogen-bond acceptors (Lipinski definition) is 1. The molecule has 0 bridgehead atoms. The number of halogens is 2. The number of aliphatic hydroxyl groups excluding tert-OH is 1. The molecule has 0 amide bonds. The van der Waals surface area contributed by atoms with E-state index in [2.05, 4.69) is 72.8 Å². The fourth-order valence-corrected chi connectivity index (χ4v) is 5.01. The van der Waals surface area contributed by atoms with Gasteiger partial charge in [-0.1, -0.05) is 31.9 Å². The Hall–Kier alpha value is -0.880. The maximum atomic E-state index is 10.8. The number of nitrogens with one attached hydrogen (secondary N) is 1. The van der Waals surface area contributed by atoms with Crippen molar-refractivity contribution in [3.63, 3.8) is 0 Å². The summed E-state index contributed by atoms with van der Waals surface area (Å²) in [6, 6.07) is 12.8. The molecule has 1 fully saturated rings. The lowest BCUT2D eigenvalue weighted by atomic mass is 10.2. The number of likely N-dealkylation sites (tertiary alicyclic amines) is 1. The van der Waals surface area contributed by atoms with Crippen LogP contribution >= 0.6 is 31.9 Å². The van der Waals surface area contributed by atoms with Crippen LogP contribution in [0.2, 0.25) is 0 Å². The second kappa shape index (κ2) is 8.01. The van der Waals surface area contributed by atoms with E-state index in [0.717, 1.165) is 15.5 Å². The van der Waals surface area contributed by atoms with Crippen molar-refractivity contribution in [2.24, 2.45) is 0 Å². The van der Waals surface area contributed by atoms with Crippen molar-refractivity contribution in [1.29, 1.82) is 0 Å². The molecule has 2 heterocycles. The standard InChI is InChI=1S/C21H24Br2N2O/c22-15-5-7-20-18(11-15)19-12-16(23)6-8-21(19)25(20)14-17(26)13-24-9-3-1-2-4-10-24/h5-8,11-12,17,26H,1-4,9-10,13-14H2/p+1/t17-/m1/s1. The predicted molar refractivity (Wildman–Crippen MR) is 115 cm³/mol. The summed E-state index contributed by atoms with van der Waals surface area (Å²) >= 11 is 7.19. The first kappa shape index (κ1) is 18.5. The Balaban J connectivity index is 1.66. The van der Waals surface area contributed by atoms with Crippen LogP contribution in [0.3, 0.4) is 0 Å². The summed E-state index contributed by atoms with van der Waals surface area (Å²) < 4.78 is 4.45. The smallest absolute Gasteiger partial charge is 0.121 e. The van der Waals surface area contributed by atoms with E-state index in [9.17, 15) is 5.11 Å². The van der Waals surface area contributed by atoms with Gasteiger partial charge in [-0.25, -0.2) is 0 Å². The van der Waals surface area contributed by atoms with E-state index in [1.807, 2.05) is 0 Å². The van der Waals surface area contributed by atoms with Gasteiger partial charge in [-0.3, -0.25) is 0 Å². The van der Waals surface area contributed by atoms with Crippen molar-refractivity contribution in [2.45, 2.75) is 38.3 Å². The third-order valence-corrected chi connectivity index (χ3v) is 6.50. The molecule has 3 nitrogen and oxygen atoms in total. The number of nitrogens with zero attached hydrogens (tertiary/aromatic N) is 1. The summed E-state index contributed by atoms with van der Waals surface area (Å²) in [6.45, 7) is 3.88. The molecule has 138 valence electrons. The fraction of sp³-hybridized carbons (Fsp3) is 0.429. The van der Waals surface area contributed by atoms with Gasteiger partial charge in [-0.05, 0) is 62.1 Å². The van der Waals surface area contributed by atoms with Gasteiger partial charge in [-0.15, -0.1) is 0 Å². The van der Waals surface area contributed by atoms with E-state index >= 15 is 0 Å². The highest BCUT2D eigenvalue weighted by molar-refractivity contribution is 9.10. The molecule has 0 unspecified atom stereocenters. The zero-order valence-corrected chi connectivity index (χ0v) is 18.0. The number of quaternary nitrogens is 1. The lowest BCUT2D eigenvalue weighted by Gasteiger charge is -2.21. The molecule has 2 aromatic carbocycles. The van der Waals surface area contributed by atoms with E-state index in [0.29, 0.717) is 6.54 Å². The molecule has 0 spiro atoms. The van der Waals surface area contributed by atoms with E-state index < -0.39 is 0 Å². The number of aliphatic hydroxyl groups is 1. The van der Waals surface area contributed by atoms with Gasteiger partial charge in [0.15, 0.2) is 0 Å². The highest BCUT2D eigenvalue weighted by atomic mass is 79.9. The van der Waals surface area contributed by atoms with Crippen molar-refractivity contribution >= 4 is 53.7 Å². The summed E-state index contributed by atoms with van der Waals surface area (Å²) in [5.74, 6) is 0. The Kier molecular flexibility index (Phi) is 5.69. The van der Waals surface area contributed by atoms with Crippen molar-refractivity contribution in [3.05, 3.63) is 45.3 Å². The fourth-order valence-electron chi connectivity index (χ4n) is 4.29. The first-order valence-electron chi connectivity index (χ1n) is 9.50. The largest absolute Gasteiger partial charge is 0.385 e. The third-order valence-electron chi connectivity index (χ3n) is 5.52. The second-order valence-corrected chi connectivity index (χ2v) is 9.29. The first-order valence-corrected chi connectivity index (χ1v) is 11.1. The lowest BCUT2D eigenvalue weighted by molar-refractivity contribution is -0.902. The molecule has 1 aliphatic rings. The Morgan fingerprint density at radius 1 is 0.885 bits per heavy atom. The number of hydrogen-bond donors (Lipinski definition) is 2. The van der Waals surface area contributed by atoms with Gasteiger partial charge < -0.3 is 14.6 Å². The first-order chi connectivity index (χ1) is 12.6. The number of aromatic nitrogens is 1. The molecule has 4 rings (SSSR count). The summed E-state index contributed by atoms with van der Waals surface area (Å²) in [6.07, 6.45) is 4.94. The SMILES string of the molecule is O[C@@H](Cn1c2ccc(Br)cc2c2cc(Br)ccc21)C[NH+]1CCCCCC1. The molecule has 3 aromatic rings. The Morgan fingerprint density at radius 3 is 1.96 bits per heavy atom. The number of fused-ring (bicyclic) bond motifs is 3. The van der Waals surface area contributed by atoms with Gasteiger partial charge in [-0.2, -0.15) is 0 Å².